The third kappa shape index (κ3) is 3.67. The van der Waals surface area contributed by atoms with Gasteiger partial charge in [0, 0.05) is 6.54 Å². The lowest BCUT2D eigenvalue weighted by Gasteiger charge is -2.37. The lowest BCUT2D eigenvalue weighted by molar-refractivity contribution is -0.141. The van der Waals surface area contributed by atoms with Gasteiger partial charge in [0.25, 0.3) is 0 Å². The molecule has 1 aliphatic heterocycles. The van der Waals surface area contributed by atoms with Crippen LogP contribution in [0.4, 0.5) is 5.69 Å². The van der Waals surface area contributed by atoms with Gasteiger partial charge in [0.05, 0.1) is 18.8 Å². The smallest absolute Gasteiger partial charge is 0.325 e. The van der Waals surface area contributed by atoms with Gasteiger partial charge in [-0.15, -0.1) is 0 Å². The first-order valence-electron chi connectivity index (χ1n) is 7.45. The van der Waals surface area contributed by atoms with Crippen molar-refractivity contribution in [1.82, 2.24) is 0 Å². The van der Waals surface area contributed by atoms with Gasteiger partial charge in [-0.3, -0.25) is 4.79 Å². The van der Waals surface area contributed by atoms with Crippen LogP contribution in [-0.4, -0.2) is 31.8 Å². The molecule has 0 radical (unpaired) electrons. The van der Waals surface area contributed by atoms with E-state index in [2.05, 4.69) is 13.8 Å². The first-order valence-corrected chi connectivity index (χ1v) is 7.45. The predicted octanol–water partition coefficient (Wildman–Crippen LogP) is 1.93. The zero-order valence-corrected chi connectivity index (χ0v) is 13.0. The summed E-state index contributed by atoms with van der Waals surface area (Å²) in [6, 6.07) is 5.89. The molecule has 0 saturated carbocycles. The molecule has 116 valence electrons. The topological polar surface area (TPSA) is 64.8 Å². The number of nitrogens with two attached hydrogens (primary N) is 1. The number of esters is 1. The van der Waals surface area contributed by atoms with Gasteiger partial charge in [-0.2, -0.15) is 0 Å². The summed E-state index contributed by atoms with van der Waals surface area (Å²) in [5.74, 6) is 0.951. The predicted molar refractivity (Wildman–Crippen MR) is 82.4 cm³/mol. The van der Waals surface area contributed by atoms with E-state index in [1.807, 2.05) is 30.0 Å². The number of fused-ring (bicyclic) bond motifs is 1. The average Bonchev–Trinajstić information content (AvgIpc) is 2.46. The highest BCUT2D eigenvalue weighted by molar-refractivity contribution is 5.77. The molecule has 0 fully saturated rings. The SMILES string of the molecule is CCOC(=O)CN1CC(C(C)C)Oc2cc(CN)ccc21. The summed E-state index contributed by atoms with van der Waals surface area (Å²) in [5.41, 5.74) is 7.64. The number of benzene rings is 1. The molecule has 21 heavy (non-hydrogen) atoms. The Morgan fingerprint density at radius 2 is 2.29 bits per heavy atom. The molecular formula is C16H24N2O3. The Kier molecular flexibility index (Phi) is 5.07. The summed E-state index contributed by atoms with van der Waals surface area (Å²) < 4.78 is 11.1. The van der Waals surface area contributed by atoms with Crippen molar-refractivity contribution in [2.75, 3.05) is 24.6 Å². The van der Waals surface area contributed by atoms with Crippen LogP contribution in [0, 0.1) is 5.92 Å². The molecule has 0 amide bonds. The van der Waals surface area contributed by atoms with Crippen molar-refractivity contribution >= 4 is 11.7 Å². The Bertz CT molecular complexity index is 502. The minimum Gasteiger partial charge on any atom is -0.486 e. The van der Waals surface area contributed by atoms with E-state index in [1.54, 1.807) is 0 Å². The number of carbonyl (C=O) groups is 1. The molecule has 1 aliphatic rings. The summed E-state index contributed by atoms with van der Waals surface area (Å²) >= 11 is 0. The lowest BCUT2D eigenvalue weighted by atomic mass is 10.0. The second-order valence-corrected chi connectivity index (χ2v) is 5.59. The van der Waals surface area contributed by atoms with E-state index in [-0.39, 0.29) is 18.6 Å². The number of anilines is 1. The second-order valence-electron chi connectivity index (χ2n) is 5.59. The van der Waals surface area contributed by atoms with Crippen molar-refractivity contribution < 1.29 is 14.3 Å². The quantitative estimate of drug-likeness (QED) is 0.840. The van der Waals surface area contributed by atoms with E-state index in [9.17, 15) is 4.79 Å². The first kappa shape index (κ1) is 15.6. The van der Waals surface area contributed by atoms with Gasteiger partial charge in [0.2, 0.25) is 0 Å². The van der Waals surface area contributed by atoms with Crippen LogP contribution in [-0.2, 0) is 16.1 Å². The van der Waals surface area contributed by atoms with Gasteiger partial charge in [-0.1, -0.05) is 19.9 Å². The highest BCUT2D eigenvalue weighted by Crippen LogP contribution is 2.35. The van der Waals surface area contributed by atoms with Crippen molar-refractivity contribution in [3.05, 3.63) is 23.8 Å². The first-order chi connectivity index (χ1) is 10.0. The number of rotatable bonds is 5. The molecule has 1 heterocycles. The molecule has 0 aromatic heterocycles. The van der Waals surface area contributed by atoms with Gasteiger partial charge < -0.3 is 20.1 Å². The Balaban J connectivity index is 2.26. The molecule has 2 rings (SSSR count). The van der Waals surface area contributed by atoms with Crippen LogP contribution in [0.15, 0.2) is 18.2 Å². The third-order valence-electron chi connectivity index (χ3n) is 3.65. The monoisotopic (exact) mass is 292 g/mol. The molecule has 1 atom stereocenters. The second kappa shape index (κ2) is 6.80. The molecule has 1 aromatic rings. The van der Waals surface area contributed by atoms with Crippen LogP contribution in [0.2, 0.25) is 0 Å². The molecule has 0 saturated heterocycles. The molecule has 2 N–H and O–H groups in total. The van der Waals surface area contributed by atoms with Crippen LogP contribution in [0.3, 0.4) is 0 Å². The number of hydrogen-bond acceptors (Lipinski definition) is 5. The van der Waals surface area contributed by atoms with Gasteiger partial charge in [-0.05, 0) is 30.5 Å². The van der Waals surface area contributed by atoms with Crippen molar-refractivity contribution in [2.24, 2.45) is 11.7 Å². The molecule has 1 aromatic carbocycles. The summed E-state index contributed by atoms with van der Waals surface area (Å²) in [6.07, 6.45) is 0.0555. The lowest BCUT2D eigenvalue weighted by Crippen LogP contribution is -2.45. The number of hydrogen-bond donors (Lipinski definition) is 1. The fraction of sp³-hybridized carbons (Fsp3) is 0.562. The number of ether oxygens (including phenoxy) is 2. The fourth-order valence-electron chi connectivity index (χ4n) is 2.42. The van der Waals surface area contributed by atoms with E-state index >= 15 is 0 Å². The summed E-state index contributed by atoms with van der Waals surface area (Å²) in [5, 5.41) is 0. The summed E-state index contributed by atoms with van der Waals surface area (Å²) in [6.45, 7) is 7.85. The maximum atomic E-state index is 11.8. The molecular weight excluding hydrogens is 268 g/mol. The Morgan fingerprint density at radius 1 is 1.52 bits per heavy atom. The highest BCUT2D eigenvalue weighted by Gasteiger charge is 2.29. The minimum atomic E-state index is -0.212. The normalized spacial score (nSPS) is 17.4. The van der Waals surface area contributed by atoms with Crippen LogP contribution in [0.25, 0.3) is 0 Å². The highest BCUT2D eigenvalue weighted by atomic mass is 16.5. The maximum absolute atomic E-state index is 11.8. The third-order valence-corrected chi connectivity index (χ3v) is 3.65. The van der Waals surface area contributed by atoms with Gasteiger partial charge >= 0.3 is 5.97 Å². The van der Waals surface area contributed by atoms with E-state index < -0.39 is 0 Å². The molecule has 0 spiro atoms. The van der Waals surface area contributed by atoms with E-state index in [4.69, 9.17) is 15.2 Å². The summed E-state index contributed by atoms with van der Waals surface area (Å²) in [7, 11) is 0. The van der Waals surface area contributed by atoms with E-state index in [0.717, 1.165) is 17.0 Å². The van der Waals surface area contributed by atoms with Crippen molar-refractivity contribution in [2.45, 2.75) is 33.4 Å². The van der Waals surface area contributed by atoms with Crippen molar-refractivity contribution in [1.29, 1.82) is 0 Å². The zero-order chi connectivity index (χ0) is 15.4. The van der Waals surface area contributed by atoms with Crippen LogP contribution in [0.5, 0.6) is 5.75 Å². The molecule has 5 nitrogen and oxygen atoms in total. The van der Waals surface area contributed by atoms with Gasteiger partial charge in [-0.25, -0.2) is 0 Å². The van der Waals surface area contributed by atoms with Crippen molar-refractivity contribution in [3.8, 4) is 5.75 Å². The molecule has 5 heteroatoms. The Labute approximate surface area is 126 Å². The largest absolute Gasteiger partial charge is 0.486 e. The Morgan fingerprint density at radius 3 is 2.90 bits per heavy atom. The minimum absolute atomic E-state index is 0.0555. The van der Waals surface area contributed by atoms with E-state index in [0.29, 0.717) is 25.6 Å². The molecule has 0 aliphatic carbocycles. The van der Waals surface area contributed by atoms with Crippen LogP contribution >= 0.6 is 0 Å². The van der Waals surface area contributed by atoms with Crippen LogP contribution < -0.4 is 15.4 Å². The Hall–Kier alpha value is -1.75. The van der Waals surface area contributed by atoms with Gasteiger partial charge in [0.15, 0.2) is 0 Å². The van der Waals surface area contributed by atoms with E-state index in [1.165, 1.54) is 0 Å². The maximum Gasteiger partial charge on any atom is 0.325 e. The van der Waals surface area contributed by atoms with Crippen LogP contribution in [0.1, 0.15) is 26.3 Å². The fourth-order valence-corrected chi connectivity index (χ4v) is 2.42. The number of carbonyl (C=O) groups excluding carboxylic acids is 1. The average molecular weight is 292 g/mol. The van der Waals surface area contributed by atoms with Crippen molar-refractivity contribution in [3.63, 3.8) is 0 Å². The molecule has 0 bridgehead atoms. The van der Waals surface area contributed by atoms with Gasteiger partial charge in [0.1, 0.15) is 18.4 Å². The zero-order valence-electron chi connectivity index (χ0n) is 13.0. The summed E-state index contributed by atoms with van der Waals surface area (Å²) in [4.78, 5) is 13.8. The number of nitrogens with zero attached hydrogens (tertiary/aromatic N) is 1. The standard InChI is InChI=1S/C16H24N2O3/c1-4-20-16(19)10-18-9-15(11(2)3)21-14-7-12(8-17)5-6-13(14)18/h5-7,11,15H,4,8-10,17H2,1-3H3. The molecule has 1 unspecified atom stereocenters.